The number of hydrogen-bond acceptors (Lipinski definition) is 8. The highest BCUT2D eigenvalue weighted by molar-refractivity contribution is 6.18. The van der Waals surface area contributed by atoms with Crippen molar-refractivity contribution in [1.29, 1.82) is 0 Å². The molecule has 4 N–H and O–H groups in total. The van der Waals surface area contributed by atoms with E-state index in [9.17, 15) is 9.90 Å². The van der Waals surface area contributed by atoms with Gasteiger partial charge in [0.25, 0.3) is 0 Å². The lowest BCUT2D eigenvalue weighted by atomic mass is 9.86. The van der Waals surface area contributed by atoms with E-state index in [1.54, 1.807) is 6.20 Å². The Morgan fingerprint density at radius 1 is 1.02 bits per heavy atom. The van der Waals surface area contributed by atoms with Crippen LogP contribution in [0.25, 0.3) is 11.0 Å². The van der Waals surface area contributed by atoms with E-state index in [-0.39, 0.29) is 18.4 Å². The van der Waals surface area contributed by atoms with Gasteiger partial charge in [0.15, 0.2) is 5.78 Å². The Morgan fingerprint density at radius 2 is 1.75 bits per heavy atom. The third-order valence-corrected chi connectivity index (χ3v) is 8.04. The first-order valence-electron chi connectivity index (χ1n) is 14.1. The van der Waals surface area contributed by atoms with Gasteiger partial charge >= 0.3 is 0 Å². The number of aliphatic hydroxyl groups is 1. The molecule has 4 aromatic rings. The minimum atomic E-state index is -0.0682. The highest BCUT2D eigenvalue weighted by atomic mass is 16.5. The fourth-order valence-corrected chi connectivity index (χ4v) is 5.62. The molecule has 40 heavy (non-hydrogen) atoms. The van der Waals surface area contributed by atoms with Crippen LogP contribution in [0.5, 0.6) is 0 Å². The van der Waals surface area contributed by atoms with Gasteiger partial charge in [-0.25, -0.2) is 0 Å². The predicted molar refractivity (Wildman–Crippen MR) is 158 cm³/mol. The molecule has 0 amide bonds. The van der Waals surface area contributed by atoms with Crippen LogP contribution in [0.2, 0.25) is 0 Å². The molecule has 6 rings (SSSR count). The number of hydrogen-bond donors (Lipinski definition) is 4. The smallest absolute Gasteiger partial charge is 0.231 e. The molecule has 2 aromatic heterocycles. The number of rotatable bonds is 8. The number of aliphatic hydroxyl groups excluding tert-OH is 1. The summed E-state index contributed by atoms with van der Waals surface area (Å²) in [5, 5.41) is 17.2. The maximum Gasteiger partial charge on any atom is 0.231 e. The number of anilines is 4. The number of carbonyl (C=O) groups excluding carboxylic acids is 1. The molecule has 2 fully saturated rings. The van der Waals surface area contributed by atoms with Crippen molar-refractivity contribution in [2.75, 3.05) is 48.4 Å². The van der Waals surface area contributed by atoms with E-state index in [0.717, 1.165) is 68.9 Å². The Hall–Kier alpha value is -3.95. The first kappa shape index (κ1) is 26.3. The molecule has 208 valence electrons. The summed E-state index contributed by atoms with van der Waals surface area (Å²) in [6.07, 6.45) is 5.54. The summed E-state index contributed by atoms with van der Waals surface area (Å²) in [6.45, 7) is 5.50. The fourth-order valence-electron chi connectivity index (χ4n) is 5.62. The molecular weight excluding hydrogens is 504 g/mol. The van der Waals surface area contributed by atoms with Crippen molar-refractivity contribution in [2.24, 2.45) is 5.92 Å². The summed E-state index contributed by atoms with van der Waals surface area (Å²) in [6, 6.07) is 16.1. The van der Waals surface area contributed by atoms with Crippen LogP contribution in [0, 0.1) is 12.8 Å². The molecule has 2 aromatic carbocycles. The van der Waals surface area contributed by atoms with Crippen LogP contribution in [0.1, 0.15) is 47.2 Å². The van der Waals surface area contributed by atoms with Gasteiger partial charge < -0.3 is 30.4 Å². The molecule has 2 aliphatic rings. The Kier molecular flexibility index (Phi) is 7.66. The second kappa shape index (κ2) is 11.7. The predicted octanol–water partition coefficient (Wildman–Crippen LogP) is 5.04. The Bertz CT molecular complexity index is 1450. The van der Waals surface area contributed by atoms with Crippen LogP contribution >= 0.6 is 0 Å². The van der Waals surface area contributed by atoms with Gasteiger partial charge in [0.2, 0.25) is 5.95 Å². The average Bonchev–Trinajstić information content (AvgIpc) is 3.43. The summed E-state index contributed by atoms with van der Waals surface area (Å²) in [5.74, 6) is 1.38. The average molecular weight is 541 g/mol. The zero-order valence-corrected chi connectivity index (χ0v) is 22.8. The van der Waals surface area contributed by atoms with Gasteiger partial charge in [-0.05, 0) is 62.8 Å². The Labute approximate surface area is 234 Å². The van der Waals surface area contributed by atoms with Gasteiger partial charge in [-0.3, -0.25) is 4.79 Å². The highest BCUT2D eigenvalue weighted by Crippen LogP contribution is 2.32. The SMILES string of the molecule is Cc1ccc(C(=O)c2c[nH]c3nc(Nc4ccc(N5CCOCC5)cc4)nc(NC4CCC(CO)CC4)c23)cc1. The van der Waals surface area contributed by atoms with Gasteiger partial charge in [-0.1, -0.05) is 29.8 Å². The molecule has 0 spiro atoms. The third-order valence-electron chi connectivity index (χ3n) is 8.04. The first-order chi connectivity index (χ1) is 19.6. The molecule has 0 unspecified atom stereocenters. The van der Waals surface area contributed by atoms with Crippen molar-refractivity contribution in [3.05, 3.63) is 71.4 Å². The monoisotopic (exact) mass is 540 g/mol. The number of aryl methyl sites for hydroxylation is 1. The van der Waals surface area contributed by atoms with E-state index in [2.05, 4.69) is 32.7 Å². The molecule has 0 radical (unpaired) electrons. The van der Waals surface area contributed by atoms with Crippen molar-refractivity contribution in [2.45, 2.75) is 38.6 Å². The lowest BCUT2D eigenvalue weighted by molar-refractivity contribution is 0.104. The number of ether oxygens (including phenoxy) is 1. The molecular formula is C31H36N6O3. The van der Waals surface area contributed by atoms with Crippen LogP contribution < -0.4 is 15.5 Å². The Morgan fingerprint density at radius 3 is 2.45 bits per heavy atom. The maximum atomic E-state index is 13.5. The van der Waals surface area contributed by atoms with E-state index in [0.29, 0.717) is 39.8 Å². The standard InChI is InChI=1S/C31H36N6O3/c1-20-2-6-22(7-3-20)28(39)26-18-32-29-27(26)30(33-23-8-4-21(19-38)5-9-23)36-31(35-29)34-24-10-12-25(13-11-24)37-14-16-40-17-15-37/h2-3,6-7,10-13,18,21,23,38H,4-5,8-9,14-17,19H2,1H3,(H3,32,33,34,35,36). The molecule has 9 heteroatoms. The van der Waals surface area contributed by atoms with Gasteiger partial charge in [-0.2, -0.15) is 9.97 Å². The molecule has 3 heterocycles. The number of carbonyl (C=O) groups is 1. The number of nitrogens with one attached hydrogen (secondary N) is 3. The number of nitrogens with zero attached hydrogens (tertiary/aromatic N) is 3. The number of aromatic amines is 1. The second-order valence-electron chi connectivity index (χ2n) is 10.8. The number of benzene rings is 2. The minimum absolute atomic E-state index is 0.0682. The van der Waals surface area contributed by atoms with E-state index in [1.807, 2.05) is 43.3 Å². The normalized spacial score (nSPS) is 19.5. The number of morpholine rings is 1. The van der Waals surface area contributed by atoms with E-state index in [1.165, 1.54) is 0 Å². The van der Waals surface area contributed by atoms with Gasteiger partial charge in [0.1, 0.15) is 11.5 Å². The quantitative estimate of drug-likeness (QED) is 0.230. The number of fused-ring (bicyclic) bond motifs is 1. The van der Waals surface area contributed by atoms with E-state index in [4.69, 9.17) is 14.7 Å². The van der Waals surface area contributed by atoms with E-state index >= 15 is 0 Å². The lowest BCUT2D eigenvalue weighted by Crippen LogP contribution is -2.36. The van der Waals surface area contributed by atoms with Crippen molar-refractivity contribution in [3.8, 4) is 0 Å². The summed E-state index contributed by atoms with van der Waals surface area (Å²) in [7, 11) is 0. The zero-order chi connectivity index (χ0) is 27.5. The summed E-state index contributed by atoms with van der Waals surface area (Å²) in [4.78, 5) is 28.7. The highest BCUT2D eigenvalue weighted by Gasteiger charge is 2.25. The van der Waals surface area contributed by atoms with Crippen molar-refractivity contribution in [1.82, 2.24) is 15.0 Å². The van der Waals surface area contributed by atoms with Crippen molar-refractivity contribution < 1.29 is 14.6 Å². The number of ketones is 1. The minimum Gasteiger partial charge on any atom is -0.396 e. The van der Waals surface area contributed by atoms with Crippen LogP contribution in [0.15, 0.2) is 54.7 Å². The van der Waals surface area contributed by atoms with Gasteiger partial charge in [0.05, 0.1) is 24.2 Å². The van der Waals surface area contributed by atoms with Crippen LogP contribution in [0.4, 0.5) is 23.1 Å². The molecule has 1 saturated carbocycles. The van der Waals surface area contributed by atoms with Gasteiger partial charge in [0, 0.05) is 48.9 Å². The Balaban J connectivity index is 1.30. The summed E-state index contributed by atoms with van der Waals surface area (Å²) < 4.78 is 5.47. The molecule has 1 aliphatic heterocycles. The van der Waals surface area contributed by atoms with Crippen LogP contribution in [0.3, 0.4) is 0 Å². The van der Waals surface area contributed by atoms with Crippen molar-refractivity contribution in [3.63, 3.8) is 0 Å². The number of aromatic nitrogens is 3. The fraction of sp³-hybridized carbons (Fsp3) is 0.387. The zero-order valence-electron chi connectivity index (χ0n) is 22.8. The first-order valence-corrected chi connectivity index (χ1v) is 14.1. The van der Waals surface area contributed by atoms with Crippen LogP contribution in [-0.2, 0) is 4.74 Å². The lowest BCUT2D eigenvalue weighted by Gasteiger charge is -2.29. The van der Waals surface area contributed by atoms with Crippen molar-refractivity contribution >= 4 is 40.0 Å². The molecule has 9 nitrogen and oxygen atoms in total. The molecule has 1 aliphatic carbocycles. The number of H-pyrrole nitrogens is 1. The second-order valence-corrected chi connectivity index (χ2v) is 10.8. The third kappa shape index (κ3) is 5.66. The summed E-state index contributed by atoms with van der Waals surface area (Å²) >= 11 is 0. The molecule has 1 saturated heterocycles. The molecule has 0 bridgehead atoms. The van der Waals surface area contributed by atoms with E-state index < -0.39 is 0 Å². The topological polar surface area (TPSA) is 115 Å². The molecule has 0 atom stereocenters. The summed E-state index contributed by atoms with van der Waals surface area (Å²) in [5.41, 5.74) is 4.93. The van der Waals surface area contributed by atoms with Gasteiger partial charge in [-0.15, -0.1) is 0 Å². The maximum absolute atomic E-state index is 13.5. The largest absolute Gasteiger partial charge is 0.396 e. The van der Waals surface area contributed by atoms with Crippen LogP contribution in [-0.4, -0.2) is 64.8 Å².